The summed E-state index contributed by atoms with van der Waals surface area (Å²) in [6.45, 7) is 1.85. The average molecular weight is 350 g/mol. The number of urea groups is 1. The van der Waals surface area contributed by atoms with E-state index in [9.17, 15) is 9.59 Å². The molecule has 0 saturated heterocycles. The van der Waals surface area contributed by atoms with E-state index in [-0.39, 0.29) is 5.56 Å². The van der Waals surface area contributed by atoms with Crippen molar-refractivity contribution >= 4 is 39.3 Å². The lowest BCUT2D eigenvalue weighted by Gasteiger charge is -2.10. The van der Waals surface area contributed by atoms with Crippen molar-refractivity contribution in [1.29, 1.82) is 0 Å². The summed E-state index contributed by atoms with van der Waals surface area (Å²) >= 11 is 3.20. The molecule has 2 amide bonds. The highest BCUT2D eigenvalue weighted by molar-refractivity contribution is 9.10. The number of pyridine rings is 1. The highest BCUT2D eigenvalue weighted by Gasteiger charge is 2.09. The number of halogens is 1. The summed E-state index contributed by atoms with van der Waals surface area (Å²) in [6.07, 6.45) is 3.17. The number of carboxylic acids is 1. The highest BCUT2D eigenvalue weighted by Crippen LogP contribution is 2.20. The normalized spacial score (nSPS) is 10.0. The smallest absolute Gasteiger partial charge is 0.335 e. The second-order valence-corrected chi connectivity index (χ2v) is 5.22. The zero-order valence-corrected chi connectivity index (χ0v) is 12.6. The number of anilines is 2. The van der Waals surface area contributed by atoms with Gasteiger partial charge in [-0.05, 0) is 36.8 Å². The molecule has 6 nitrogen and oxygen atoms in total. The molecule has 0 aliphatic rings. The fourth-order valence-corrected chi connectivity index (χ4v) is 2.16. The molecule has 0 unspecified atom stereocenters. The summed E-state index contributed by atoms with van der Waals surface area (Å²) in [5, 5.41) is 14.2. The lowest BCUT2D eigenvalue weighted by Crippen LogP contribution is -2.20. The monoisotopic (exact) mass is 349 g/mol. The second-order valence-electron chi connectivity index (χ2n) is 4.30. The largest absolute Gasteiger partial charge is 0.478 e. The van der Waals surface area contributed by atoms with Gasteiger partial charge in [-0.25, -0.2) is 9.59 Å². The Hall–Kier alpha value is -2.41. The van der Waals surface area contributed by atoms with E-state index in [4.69, 9.17) is 5.11 Å². The molecule has 0 aliphatic heterocycles. The molecule has 0 atom stereocenters. The fraction of sp³-hybridized carbons (Fsp3) is 0.0714. The minimum Gasteiger partial charge on any atom is -0.478 e. The van der Waals surface area contributed by atoms with Gasteiger partial charge in [0.1, 0.15) is 0 Å². The van der Waals surface area contributed by atoms with Crippen molar-refractivity contribution < 1.29 is 14.7 Å². The summed E-state index contributed by atoms with van der Waals surface area (Å²) in [4.78, 5) is 26.8. The SMILES string of the molecule is Cc1ccncc1NC(=O)Nc1cc(Br)cc(C(=O)O)c1. The highest BCUT2D eigenvalue weighted by atomic mass is 79.9. The van der Waals surface area contributed by atoms with Gasteiger partial charge in [-0.15, -0.1) is 0 Å². The Morgan fingerprint density at radius 3 is 2.67 bits per heavy atom. The third-order valence-corrected chi connectivity index (χ3v) is 3.15. The molecule has 2 rings (SSSR count). The van der Waals surface area contributed by atoms with Gasteiger partial charge in [-0.2, -0.15) is 0 Å². The van der Waals surface area contributed by atoms with Crippen LogP contribution in [0, 0.1) is 6.92 Å². The van der Waals surface area contributed by atoms with Gasteiger partial charge >= 0.3 is 12.0 Å². The molecule has 0 saturated carbocycles. The van der Waals surface area contributed by atoms with Crippen molar-refractivity contribution in [3.63, 3.8) is 0 Å². The standard InChI is InChI=1S/C14H12BrN3O3/c1-8-2-3-16-7-12(8)18-14(21)17-11-5-9(13(19)20)4-10(15)6-11/h2-7H,1H3,(H,19,20)(H2,17,18,21). The number of nitrogens with one attached hydrogen (secondary N) is 2. The zero-order valence-electron chi connectivity index (χ0n) is 11.1. The van der Waals surface area contributed by atoms with Crippen LogP contribution in [0.1, 0.15) is 15.9 Å². The average Bonchev–Trinajstić information content (AvgIpc) is 2.40. The molecule has 1 aromatic carbocycles. The van der Waals surface area contributed by atoms with E-state index in [1.165, 1.54) is 12.1 Å². The summed E-state index contributed by atoms with van der Waals surface area (Å²) in [6, 6.07) is 5.75. The van der Waals surface area contributed by atoms with Crippen molar-refractivity contribution in [2.75, 3.05) is 10.6 Å². The van der Waals surface area contributed by atoms with Gasteiger partial charge < -0.3 is 15.7 Å². The maximum atomic E-state index is 11.9. The topological polar surface area (TPSA) is 91.3 Å². The maximum absolute atomic E-state index is 11.9. The Labute approximate surface area is 129 Å². The van der Waals surface area contributed by atoms with Crippen LogP contribution in [0.15, 0.2) is 41.1 Å². The Balaban J connectivity index is 2.13. The Kier molecular flexibility index (Phi) is 4.54. The molecular formula is C14H12BrN3O3. The predicted octanol–water partition coefficient (Wildman–Crippen LogP) is 3.49. The number of hydrogen-bond acceptors (Lipinski definition) is 3. The van der Waals surface area contributed by atoms with Gasteiger partial charge in [-0.3, -0.25) is 4.98 Å². The number of benzene rings is 1. The number of aryl methyl sites for hydroxylation is 1. The Morgan fingerprint density at radius 2 is 2.00 bits per heavy atom. The summed E-state index contributed by atoms with van der Waals surface area (Å²) in [5.74, 6) is -1.07. The number of hydrogen-bond donors (Lipinski definition) is 3. The molecule has 7 heteroatoms. The molecular weight excluding hydrogens is 338 g/mol. The summed E-state index contributed by atoms with van der Waals surface area (Å²) in [5.41, 5.74) is 1.92. The fourth-order valence-electron chi connectivity index (χ4n) is 1.66. The van der Waals surface area contributed by atoms with Gasteiger partial charge in [0.05, 0.1) is 17.4 Å². The number of carbonyl (C=O) groups excluding carboxylic acids is 1. The number of carbonyl (C=O) groups is 2. The Bertz CT molecular complexity index is 704. The van der Waals surface area contributed by atoms with Crippen LogP contribution in [0.4, 0.5) is 16.2 Å². The van der Waals surface area contributed by atoms with E-state index in [0.29, 0.717) is 15.8 Å². The van der Waals surface area contributed by atoms with Crippen molar-refractivity contribution in [2.45, 2.75) is 6.92 Å². The van der Waals surface area contributed by atoms with Crippen LogP contribution in [0.3, 0.4) is 0 Å². The minimum atomic E-state index is -1.07. The second kappa shape index (κ2) is 6.36. The van der Waals surface area contributed by atoms with E-state index in [1.807, 2.05) is 6.92 Å². The van der Waals surface area contributed by atoms with Crippen molar-refractivity contribution in [2.24, 2.45) is 0 Å². The lowest BCUT2D eigenvalue weighted by molar-refractivity contribution is 0.0697. The molecule has 0 bridgehead atoms. The Morgan fingerprint density at radius 1 is 1.24 bits per heavy atom. The van der Waals surface area contributed by atoms with Crippen LogP contribution in [-0.4, -0.2) is 22.1 Å². The van der Waals surface area contributed by atoms with Gasteiger partial charge in [0, 0.05) is 16.4 Å². The molecule has 1 heterocycles. The van der Waals surface area contributed by atoms with E-state index >= 15 is 0 Å². The van der Waals surface area contributed by atoms with Gasteiger partial charge in [0.2, 0.25) is 0 Å². The summed E-state index contributed by atoms with van der Waals surface area (Å²) in [7, 11) is 0. The van der Waals surface area contributed by atoms with Gasteiger partial charge in [-0.1, -0.05) is 15.9 Å². The first-order valence-corrected chi connectivity index (χ1v) is 6.77. The van der Waals surface area contributed by atoms with Crippen LogP contribution in [0.2, 0.25) is 0 Å². The zero-order chi connectivity index (χ0) is 15.4. The van der Waals surface area contributed by atoms with Crippen LogP contribution in [0.25, 0.3) is 0 Å². The number of nitrogens with zero attached hydrogens (tertiary/aromatic N) is 1. The predicted molar refractivity (Wildman–Crippen MR) is 82.7 cm³/mol. The number of rotatable bonds is 3. The van der Waals surface area contributed by atoms with E-state index in [1.54, 1.807) is 24.5 Å². The van der Waals surface area contributed by atoms with Crippen molar-refractivity contribution in [3.8, 4) is 0 Å². The molecule has 0 fully saturated rings. The first kappa shape index (κ1) is 15.0. The van der Waals surface area contributed by atoms with E-state index < -0.39 is 12.0 Å². The molecule has 0 spiro atoms. The molecule has 0 radical (unpaired) electrons. The van der Waals surface area contributed by atoms with Gasteiger partial charge in [0.15, 0.2) is 0 Å². The third kappa shape index (κ3) is 4.03. The lowest BCUT2D eigenvalue weighted by atomic mass is 10.2. The number of carboxylic acid groups (broad SMARTS) is 1. The number of amides is 2. The quantitative estimate of drug-likeness (QED) is 0.790. The number of aromatic carboxylic acids is 1. The maximum Gasteiger partial charge on any atom is 0.335 e. The summed E-state index contributed by atoms with van der Waals surface area (Å²) < 4.78 is 0.565. The molecule has 2 aromatic rings. The van der Waals surface area contributed by atoms with Crippen LogP contribution in [0.5, 0.6) is 0 Å². The molecule has 0 aliphatic carbocycles. The third-order valence-electron chi connectivity index (χ3n) is 2.69. The van der Waals surface area contributed by atoms with Gasteiger partial charge in [0.25, 0.3) is 0 Å². The van der Waals surface area contributed by atoms with E-state index in [2.05, 4.69) is 31.5 Å². The molecule has 21 heavy (non-hydrogen) atoms. The molecule has 108 valence electrons. The number of aromatic nitrogens is 1. The van der Waals surface area contributed by atoms with Crippen LogP contribution >= 0.6 is 15.9 Å². The van der Waals surface area contributed by atoms with Crippen molar-refractivity contribution in [1.82, 2.24) is 4.98 Å². The van der Waals surface area contributed by atoms with Crippen LogP contribution < -0.4 is 10.6 Å². The first-order chi connectivity index (χ1) is 9.95. The van der Waals surface area contributed by atoms with E-state index in [0.717, 1.165) is 5.56 Å². The minimum absolute atomic E-state index is 0.0808. The first-order valence-electron chi connectivity index (χ1n) is 5.98. The van der Waals surface area contributed by atoms with Crippen molar-refractivity contribution in [3.05, 3.63) is 52.3 Å². The molecule has 1 aromatic heterocycles. The van der Waals surface area contributed by atoms with Crippen LogP contribution in [-0.2, 0) is 0 Å². The molecule has 3 N–H and O–H groups in total.